The van der Waals surface area contributed by atoms with E-state index in [0.717, 1.165) is 23.6 Å². The normalized spacial score (nSPS) is 25.5. The number of carbonyl (C=O) groups excluding carboxylic acids is 1. The number of morpholine rings is 1. The molecule has 1 fully saturated rings. The zero-order valence-corrected chi connectivity index (χ0v) is 14.4. The van der Waals surface area contributed by atoms with Gasteiger partial charge in [-0.1, -0.05) is 32.0 Å². The summed E-state index contributed by atoms with van der Waals surface area (Å²) in [6, 6.07) is 7.85. The minimum absolute atomic E-state index is 0.00301. The maximum absolute atomic E-state index is 13.0. The van der Waals surface area contributed by atoms with Crippen molar-refractivity contribution in [3.05, 3.63) is 41.5 Å². The van der Waals surface area contributed by atoms with E-state index in [9.17, 15) is 4.79 Å². The number of amides is 1. The quantitative estimate of drug-likeness (QED) is 0.920. The van der Waals surface area contributed by atoms with Gasteiger partial charge in [0.15, 0.2) is 11.9 Å². The minimum atomic E-state index is -0.477. The maximum Gasteiger partial charge on any atom is 0.264 e. The summed E-state index contributed by atoms with van der Waals surface area (Å²) in [6.07, 6.45) is 0.0106. The predicted molar refractivity (Wildman–Crippen MR) is 90.3 cm³/mol. The molecule has 2 aliphatic rings. The standard InChI is InChI=1S/C18H22N4O3/c1-3-15-19-17(21-20-15)14-10-22(8-9-24-14)18(23)16-11(2)12-6-4-5-7-13(12)25-16/h4-7,11,14,16H,3,8-10H2,1-2H3,(H,19,20,21). The van der Waals surface area contributed by atoms with Crippen LogP contribution in [0.1, 0.15) is 43.1 Å². The highest BCUT2D eigenvalue weighted by atomic mass is 16.5. The van der Waals surface area contributed by atoms with Crippen molar-refractivity contribution in [1.29, 1.82) is 0 Å². The lowest BCUT2D eigenvalue weighted by Gasteiger charge is -2.33. The van der Waals surface area contributed by atoms with Gasteiger partial charge in [0.2, 0.25) is 0 Å². The zero-order chi connectivity index (χ0) is 17.4. The lowest BCUT2D eigenvalue weighted by atomic mass is 9.96. The predicted octanol–water partition coefficient (Wildman–Crippen LogP) is 1.83. The fourth-order valence-electron chi connectivity index (χ4n) is 3.43. The molecular formula is C18H22N4O3. The van der Waals surface area contributed by atoms with Crippen LogP contribution in [0.15, 0.2) is 24.3 Å². The SMILES string of the molecule is CCc1nc(C2CN(C(=O)C3Oc4ccccc4C3C)CCO2)n[nH]1. The van der Waals surface area contributed by atoms with Gasteiger partial charge in [-0.3, -0.25) is 9.89 Å². The molecule has 0 aliphatic carbocycles. The zero-order valence-electron chi connectivity index (χ0n) is 14.4. The molecule has 3 unspecified atom stereocenters. The molecule has 132 valence electrons. The third-order valence-corrected chi connectivity index (χ3v) is 4.91. The molecule has 3 atom stereocenters. The average molecular weight is 342 g/mol. The van der Waals surface area contributed by atoms with E-state index in [0.29, 0.717) is 25.5 Å². The highest BCUT2D eigenvalue weighted by Crippen LogP contribution is 2.38. The molecule has 0 spiro atoms. The molecule has 1 amide bonds. The lowest BCUT2D eigenvalue weighted by molar-refractivity contribution is -0.146. The van der Waals surface area contributed by atoms with Crippen LogP contribution in [0.5, 0.6) is 5.75 Å². The molecule has 1 aromatic carbocycles. The first-order valence-corrected chi connectivity index (χ1v) is 8.74. The molecule has 25 heavy (non-hydrogen) atoms. The van der Waals surface area contributed by atoms with Gasteiger partial charge in [-0.05, 0) is 6.07 Å². The molecule has 0 bridgehead atoms. The van der Waals surface area contributed by atoms with Gasteiger partial charge in [0.25, 0.3) is 5.91 Å². The van der Waals surface area contributed by atoms with E-state index in [1.165, 1.54) is 0 Å². The van der Waals surface area contributed by atoms with Gasteiger partial charge in [-0.2, -0.15) is 5.10 Å². The molecule has 1 aromatic heterocycles. The molecule has 2 aliphatic heterocycles. The molecule has 3 heterocycles. The van der Waals surface area contributed by atoms with Crippen molar-refractivity contribution in [2.24, 2.45) is 0 Å². The number of rotatable bonds is 3. The Bertz CT molecular complexity index is 775. The Labute approximate surface area is 146 Å². The number of benzene rings is 1. The van der Waals surface area contributed by atoms with E-state index in [4.69, 9.17) is 9.47 Å². The van der Waals surface area contributed by atoms with Gasteiger partial charge in [-0.25, -0.2) is 4.98 Å². The van der Waals surface area contributed by atoms with E-state index in [-0.39, 0.29) is 17.9 Å². The largest absolute Gasteiger partial charge is 0.480 e. The average Bonchev–Trinajstić information content (AvgIpc) is 3.26. The minimum Gasteiger partial charge on any atom is -0.480 e. The number of hydrogen-bond acceptors (Lipinski definition) is 5. The van der Waals surface area contributed by atoms with Crippen LogP contribution in [0, 0.1) is 0 Å². The third kappa shape index (κ3) is 2.89. The Kier molecular flexibility index (Phi) is 4.17. The molecule has 1 saturated heterocycles. The highest BCUT2D eigenvalue weighted by molar-refractivity contribution is 5.83. The fraction of sp³-hybridized carbons (Fsp3) is 0.500. The second-order valence-corrected chi connectivity index (χ2v) is 6.50. The summed E-state index contributed by atoms with van der Waals surface area (Å²) < 4.78 is 11.7. The summed E-state index contributed by atoms with van der Waals surface area (Å²) in [6.45, 7) is 5.53. The number of aromatic nitrogens is 3. The summed E-state index contributed by atoms with van der Waals surface area (Å²) in [5.41, 5.74) is 1.09. The summed E-state index contributed by atoms with van der Waals surface area (Å²) >= 11 is 0. The maximum atomic E-state index is 13.0. The van der Waals surface area contributed by atoms with Crippen molar-refractivity contribution in [3.63, 3.8) is 0 Å². The van der Waals surface area contributed by atoms with Crippen LogP contribution in [-0.4, -0.2) is 51.8 Å². The van der Waals surface area contributed by atoms with Crippen molar-refractivity contribution in [3.8, 4) is 5.75 Å². The summed E-state index contributed by atoms with van der Waals surface area (Å²) in [7, 11) is 0. The number of hydrogen-bond donors (Lipinski definition) is 1. The van der Waals surface area contributed by atoms with Crippen LogP contribution in [0.4, 0.5) is 0 Å². The monoisotopic (exact) mass is 342 g/mol. The van der Waals surface area contributed by atoms with Gasteiger partial charge in [0.05, 0.1) is 13.2 Å². The first kappa shape index (κ1) is 16.1. The second kappa shape index (κ2) is 6.48. The molecule has 7 nitrogen and oxygen atoms in total. The van der Waals surface area contributed by atoms with Gasteiger partial charge in [0.1, 0.15) is 17.7 Å². The van der Waals surface area contributed by atoms with Crippen molar-refractivity contribution >= 4 is 5.91 Å². The van der Waals surface area contributed by atoms with Crippen LogP contribution in [0.25, 0.3) is 0 Å². The molecular weight excluding hydrogens is 320 g/mol. The Morgan fingerprint density at radius 2 is 2.24 bits per heavy atom. The van der Waals surface area contributed by atoms with Gasteiger partial charge in [0, 0.05) is 24.4 Å². The van der Waals surface area contributed by atoms with Crippen LogP contribution < -0.4 is 4.74 Å². The molecule has 7 heteroatoms. The molecule has 1 N–H and O–H groups in total. The van der Waals surface area contributed by atoms with Crippen LogP contribution in [0.3, 0.4) is 0 Å². The smallest absolute Gasteiger partial charge is 0.264 e. The summed E-state index contributed by atoms with van der Waals surface area (Å²) in [5, 5.41) is 7.12. The van der Waals surface area contributed by atoms with Gasteiger partial charge in [-0.15, -0.1) is 0 Å². The number of aromatic amines is 1. The van der Waals surface area contributed by atoms with E-state index in [1.807, 2.05) is 43.0 Å². The van der Waals surface area contributed by atoms with E-state index < -0.39 is 6.10 Å². The number of nitrogens with zero attached hydrogens (tertiary/aromatic N) is 3. The van der Waals surface area contributed by atoms with Gasteiger partial charge >= 0.3 is 0 Å². The fourth-order valence-corrected chi connectivity index (χ4v) is 3.43. The summed E-state index contributed by atoms with van der Waals surface area (Å²) in [4.78, 5) is 19.3. The van der Waals surface area contributed by atoms with Crippen molar-refractivity contribution in [2.45, 2.75) is 38.4 Å². The topological polar surface area (TPSA) is 80.3 Å². The van der Waals surface area contributed by atoms with Crippen molar-refractivity contribution in [1.82, 2.24) is 20.1 Å². The summed E-state index contributed by atoms with van der Waals surface area (Å²) in [5.74, 6) is 2.28. The Morgan fingerprint density at radius 3 is 3.00 bits per heavy atom. The Morgan fingerprint density at radius 1 is 1.40 bits per heavy atom. The van der Waals surface area contributed by atoms with Crippen molar-refractivity contribution < 1.29 is 14.3 Å². The lowest BCUT2D eigenvalue weighted by Crippen LogP contribution is -2.48. The first-order chi connectivity index (χ1) is 12.2. The first-order valence-electron chi connectivity index (χ1n) is 8.74. The molecule has 0 radical (unpaired) electrons. The molecule has 4 rings (SSSR count). The third-order valence-electron chi connectivity index (χ3n) is 4.91. The Hall–Kier alpha value is -2.41. The van der Waals surface area contributed by atoms with Gasteiger partial charge < -0.3 is 14.4 Å². The number of aryl methyl sites for hydroxylation is 1. The number of fused-ring (bicyclic) bond motifs is 1. The number of H-pyrrole nitrogens is 1. The number of para-hydroxylation sites is 1. The number of ether oxygens (including phenoxy) is 2. The van der Waals surface area contributed by atoms with E-state index >= 15 is 0 Å². The highest BCUT2D eigenvalue weighted by Gasteiger charge is 2.40. The Balaban J connectivity index is 1.47. The number of nitrogens with one attached hydrogen (secondary N) is 1. The molecule has 2 aromatic rings. The number of carbonyl (C=O) groups is 1. The molecule has 0 saturated carbocycles. The van der Waals surface area contributed by atoms with Crippen LogP contribution >= 0.6 is 0 Å². The van der Waals surface area contributed by atoms with Crippen LogP contribution in [-0.2, 0) is 16.0 Å². The van der Waals surface area contributed by atoms with Crippen LogP contribution in [0.2, 0.25) is 0 Å². The van der Waals surface area contributed by atoms with E-state index in [1.54, 1.807) is 0 Å². The second-order valence-electron chi connectivity index (χ2n) is 6.50. The van der Waals surface area contributed by atoms with E-state index in [2.05, 4.69) is 15.2 Å². The van der Waals surface area contributed by atoms with Crippen molar-refractivity contribution in [2.75, 3.05) is 19.7 Å².